The zero-order chi connectivity index (χ0) is 15.5. The third kappa shape index (κ3) is 5.00. The lowest BCUT2D eigenvalue weighted by Crippen LogP contribution is -1.88. The Morgan fingerprint density at radius 2 is 1.45 bits per heavy atom. The predicted molar refractivity (Wildman–Crippen MR) is 94.8 cm³/mol. The second-order valence-electron chi connectivity index (χ2n) is 4.56. The van der Waals surface area contributed by atoms with Crippen LogP contribution in [0.4, 0.5) is 0 Å². The molecule has 0 heterocycles. The van der Waals surface area contributed by atoms with Gasteiger partial charge in [0.2, 0.25) is 0 Å². The van der Waals surface area contributed by atoms with Crippen LogP contribution in [-0.4, -0.2) is 0 Å². The summed E-state index contributed by atoms with van der Waals surface area (Å²) in [5.41, 5.74) is 4.35. The smallest absolute Gasteiger partial charge is 0.0178 e. The largest absolute Gasteiger partial charge is 0.0683 e. The molecule has 0 saturated heterocycles. The maximum Gasteiger partial charge on any atom is -0.0178 e. The molecule has 0 fully saturated rings. The summed E-state index contributed by atoms with van der Waals surface area (Å²) in [6, 6.07) is 11.5. The lowest BCUT2D eigenvalue weighted by Gasteiger charge is -2.07. The van der Waals surface area contributed by atoms with E-state index in [-0.39, 0.29) is 0 Å². The zero-order valence-corrected chi connectivity index (χ0v) is 14.5. The van der Waals surface area contributed by atoms with E-state index >= 15 is 0 Å². The topological polar surface area (TPSA) is 0 Å². The fourth-order valence-electron chi connectivity index (χ4n) is 2.33. The van der Waals surface area contributed by atoms with E-state index in [1.165, 1.54) is 40.3 Å². The Morgan fingerprint density at radius 3 is 2.00 bits per heavy atom. The first-order valence-corrected chi connectivity index (χ1v) is 8.26. The van der Waals surface area contributed by atoms with Gasteiger partial charge in [-0.25, -0.2) is 0 Å². The van der Waals surface area contributed by atoms with Crippen LogP contribution in [0, 0.1) is 6.92 Å². The normalized spacial score (nSPS) is 9.35. The molecule has 20 heavy (non-hydrogen) atoms. The van der Waals surface area contributed by atoms with Gasteiger partial charge >= 0.3 is 0 Å². The molecule has 0 bridgehead atoms. The molecule has 0 N–H and O–H groups in total. The van der Waals surface area contributed by atoms with Gasteiger partial charge in [0.15, 0.2) is 0 Å². The monoisotopic (exact) mass is 272 g/mol. The Kier molecular flexibility index (Phi) is 9.80. The Morgan fingerprint density at radius 1 is 0.800 bits per heavy atom. The van der Waals surface area contributed by atoms with Crippen molar-refractivity contribution < 1.29 is 0 Å². The van der Waals surface area contributed by atoms with E-state index in [0.717, 1.165) is 6.42 Å². The van der Waals surface area contributed by atoms with E-state index in [4.69, 9.17) is 0 Å². The number of rotatable bonds is 3. The van der Waals surface area contributed by atoms with Crippen LogP contribution in [0.1, 0.15) is 64.7 Å². The van der Waals surface area contributed by atoms with Gasteiger partial charge in [0.1, 0.15) is 0 Å². The summed E-state index contributed by atoms with van der Waals surface area (Å²) in [5, 5.41) is 2.77. The average Bonchev–Trinajstić information content (AvgIpc) is 2.51. The highest BCUT2D eigenvalue weighted by Gasteiger charge is 2.01. The van der Waals surface area contributed by atoms with Gasteiger partial charge < -0.3 is 0 Å². The van der Waals surface area contributed by atoms with Gasteiger partial charge in [0.25, 0.3) is 0 Å². The summed E-state index contributed by atoms with van der Waals surface area (Å²) < 4.78 is 0. The molecule has 112 valence electrons. The lowest BCUT2D eigenvalue weighted by atomic mass is 9.98. The van der Waals surface area contributed by atoms with Crippen LogP contribution in [0.2, 0.25) is 0 Å². The second-order valence-corrected chi connectivity index (χ2v) is 4.56. The zero-order valence-electron chi connectivity index (χ0n) is 14.5. The molecule has 0 atom stereocenters. The molecule has 0 nitrogen and oxygen atoms in total. The predicted octanol–water partition coefficient (Wildman–Crippen LogP) is 6.72. The SMILES string of the molecule is CC.CC.CCCc1ccc2cc(CC)c(C)cc2c1. The summed E-state index contributed by atoms with van der Waals surface area (Å²) >= 11 is 0. The average molecular weight is 272 g/mol. The van der Waals surface area contributed by atoms with Crippen LogP contribution in [0.15, 0.2) is 30.3 Å². The van der Waals surface area contributed by atoms with Crippen molar-refractivity contribution in [2.75, 3.05) is 0 Å². The highest BCUT2D eigenvalue weighted by molar-refractivity contribution is 5.84. The van der Waals surface area contributed by atoms with Crippen LogP contribution in [0.25, 0.3) is 10.8 Å². The molecule has 2 aromatic carbocycles. The third-order valence-corrected chi connectivity index (χ3v) is 3.28. The van der Waals surface area contributed by atoms with Crippen molar-refractivity contribution in [3.8, 4) is 0 Å². The van der Waals surface area contributed by atoms with Gasteiger partial charge in [0, 0.05) is 0 Å². The minimum Gasteiger partial charge on any atom is -0.0683 e. The Bertz CT molecular complexity index is 495. The van der Waals surface area contributed by atoms with Crippen molar-refractivity contribution in [3.63, 3.8) is 0 Å². The lowest BCUT2D eigenvalue weighted by molar-refractivity contribution is 0.923. The number of fused-ring (bicyclic) bond motifs is 1. The van der Waals surface area contributed by atoms with E-state index < -0.39 is 0 Å². The highest BCUT2D eigenvalue weighted by Crippen LogP contribution is 2.22. The van der Waals surface area contributed by atoms with Crippen LogP contribution in [0.3, 0.4) is 0 Å². The molecule has 2 rings (SSSR count). The maximum atomic E-state index is 2.34. The summed E-state index contributed by atoms with van der Waals surface area (Å²) in [6.45, 7) is 14.7. The summed E-state index contributed by atoms with van der Waals surface area (Å²) in [5.74, 6) is 0. The molecule has 0 saturated carbocycles. The minimum atomic E-state index is 1.12. The standard InChI is InChI=1S/C16H20.2C2H6/c1-4-6-13-7-8-15-11-14(5-2)12(3)9-16(15)10-13;2*1-2/h7-11H,4-6H2,1-3H3;2*1-2H3. The van der Waals surface area contributed by atoms with Gasteiger partial charge in [-0.15, -0.1) is 0 Å². The number of aryl methyl sites for hydroxylation is 3. The number of hydrogen-bond donors (Lipinski definition) is 0. The first-order valence-electron chi connectivity index (χ1n) is 8.26. The molecule has 0 aliphatic carbocycles. The van der Waals surface area contributed by atoms with Crippen LogP contribution < -0.4 is 0 Å². The molecule has 0 heteroatoms. The first-order chi connectivity index (χ1) is 9.74. The van der Waals surface area contributed by atoms with E-state index in [2.05, 4.69) is 51.1 Å². The quantitative estimate of drug-likeness (QED) is 0.582. The molecular formula is C20H32. The highest BCUT2D eigenvalue weighted by atomic mass is 14.1. The molecular weight excluding hydrogens is 240 g/mol. The van der Waals surface area contributed by atoms with Crippen LogP contribution in [-0.2, 0) is 12.8 Å². The molecule has 0 radical (unpaired) electrons. The van der Waals surface area contributed by atoms with Gasteiger partial charge in [-0.05, 0) is 47.2 Å². The van der Waals surface area contributed by atoms with Crippen molar-refractivity contribution in [1.29, 1.82) is 0 Å². The Labute approximate surface area is 126 Å². The summed E-state index contributed by atoms with van der Waals surface area (Å²) in [7, 11) is 0. The van der Waals surface area contributed by atoms with E-state index in [1.807, 2.05) is 27.7 Å². The number of hydrogen-bond acceptors (Lipinski definition) is 0. The first kappa shape index (κ1) is 18.7. The summed E-state index contributed by atoms with van der Waals surface area (Å²) in [6.07, 6.45) is 3.53. The van der Waals surface area contributed by atoms with Gasteiger partial charge in [0.05, 0.1) is 0 Å². The number of benzene rings is 2. The maximum absolute atomic E-state index is 2.34. The molecule has 0 spiro atoms. The summed E-state index contributed by atoms with van der Waals surface area (Å²) in [4.78, 5) is 0. The van der Waals surface area contributed by atoms with Crippen molar-refractivity contribution in [2.24, 2.45) is 0 Å². The van der Waals surface area contributed by atoms with E-state index in [0.29, 0.717) is 0 Å². The van der Waals surface area contributed by atoms with Crippen LogP contribution >= 0.6 is 0 Å². The van der Waals surface area contributed by atoms with Crippen LogP contribution in [0.5, 0.6) is 0 Å². The fraction of sp³-hybridized carbons (Fsp3) is 0.500. The van der Waals surface area contributed by atoms with Crippen molar-refractivity contribution >= 4 is 10.8 Å². The second kappa shape index (κ2) is 10.5. The Balaban J connectivity index is 0.000000829. The van der Waals surface area contributed by atoms with Gasteiger partial charge in [-0.1, -0.05) is 78.3 Å². The van der Waals surface area contributed by atoms with Crippen molar-refractivity contribution in [2.45, 2.75) is 67.7 Å². The molecule has 2 aromatic rings. The fourth-order valence-corrected chi connectivity index (χ4v) is 2.33. The minimum absolute atomic E-state index is 1.12. The van der Waals surface area contributed by atoms with E-state index in [1.54, 1.807) is 0 Å². The molecule has 0 aromatic heterocycles. The molecule has 0 aliphatic rings. The van der Waals surface area contributed by atoms with Crippen molar-refractivity contribution in [3.05, 3.63) is 47.0 Å². The third-order valence-electron chi connectivity index (χ3n) is 3.28. The molecule has 0 amide bonds. The Hall–Kier alpha value is -1.30. The molecule has 0 unspecified atom stereocenters. The van der Waals surface area contributed by atoms with Gasteiger partial charge in [-0.3, -0.25) is 0 Å². The van der Waals surface area contributed by atoms with Crippen molar-refractivity contribution in [1.82, 2.24) is 0 Å². The van der Waals surface area contributed by atoms with Gasteiger partial charge in [-0.2, -0.15) is 0 Å². The van der Waals surface area contributed by atoms with E-state index in [9.17, 15) is 0 Å². The molecule has 0 aliphatic heterocycles.